The predicted octanol–water partition coefficient (Wildman–Crippen LogP) is 0.822. The van der Waals surface area contributed by atoms with Crippen molar-refractivity contribution in [2.75, 3.05) is 19.0 Å². The molecular formula is C10H16N4O4. The third-order valence-corrected chi connectivity index (χ3v) is 2.41. The number of methoxy groups -OCH3 is 1. The highest BCUT2D eigenvalue weighted by Crippen LogP contribution is 2.30. The van der Waals surface area contributed by atoms with Gasteiger partial charge in [0, 0.05) is 6.54 Å². The average molecular weight is 256 g/mol. The second-order valence-electron chi connectivity index (χ2n) is 4.03. The summed E-state index contributed by atoms with van der Waals surface area (Å²) in [6, 6.07) is 0. The lowest BCUT2D eigenvalue weighted by molar-refractivity contribution is -0.385. The lowest BCUT2D eigenvalue weighted by Gasteiger charge is -2.15. The van der Waals surface area contributed by atoms with Gasteiger partial charge in [0.1, 0.15) is 6.33 Å². The molecule has 8 nitrogen and oxygen atoms in total. The number of nitro groups is 1. The Bertz CT molecular complexity index is 424. The van der Waals surface area contributed by atoms with Crippen LogP contribution in [0.2, 0.25) is 0 Å². The number of rotatable bonds is 6. The first-order chi connectivity index (χ1) is 8.47. The second-order valence-corrected chi connectivity index (χ2v) is 4.03. The Morgan fingerprint density at radius 3 is 2.72 bits per heavy atom. The highest BCUT2D eigenvalue weighted by Gasteiger charge is 2.24. The summed E-state index contributed by atoms with van der Waals surface area (Å²) in [5, 5.41) is 23.3. The zero-order valence-electron chi connectivity index (χ0n) is 10.5. The Hall–Kier alpha value is -1.96. The van der Waals surface area contributed by atoms with Gasteiger partial charge in [0.05, 0.1) is 18.1 Å². The van der Waals surface area contributed by atoms with Gasteiger partial charge >= 0.3 is 5.69 Å². The molecule has 0 amide bonds. The number of aliphatic hydroxyl groups excluding tert-OH is 1. The zero-order chi connectivity index (χ0) is 13.7. The van der Waals surface area contributed by atoms with Gasteiger partial charge in [-0.25, -0.2) is 4.98 Å². The number of hydrogen-bond donors (Lipinski definition) is 2. The van der Waals surface area contributed by atoms with Crippen LogP contribution in [0.3, 0.4) is 0 Å². The lowest BCUT2D eigenvalue weighted by Crippen LogP contribution is -2.25. The fourth-order valence-electron chi connectivity index (χ4n) is 1.24. The molecule has 1 unspecified atom stereocenters. The summed E-state index contributed by atoms with van der Waals surface area (Å²) in [7, 11) is 1.29. The summed E-state index contributed by atoms with van der Waals surface area (Å²) in [6.07, 6.45) is 0.543. The molecule has 0 aliphatic heterocycles. The van der Waals surface area contributed by atoms with E-state index < -0.39 is 11.0 Å². The third kappa shape index (κ3) is 3.27. The highest BCUT2D eigenvalue weighted by atomic mass is 16.6. The Morgan fingerprint density at radius 2 is 2.22 bits per heavy atom. The zero-order valence-corrected chi connectivity index (χ0v) is 10.5. The van der Waals surface area contributed by atoms with E-state index in [4.69, 9.17) is 4.74 Å². The molecule has 0 saturated heterocycles. The van der Waals surface area contributed by atoms with Crippen LogP contribution in [0.1, 0.15) is 13.8 Å². The van der Waals surface area contributed by atoms with Crippen molar-refractivity contribution in [3.05, 3.63) is 16.4 Å². The summed E-state index contributed by atoms with van der Waals surface area (Å²) in [6.45, 7) is 3.86. The summed E-state index contributed by atoms with van der Waals surface area (Å²) in [4.78, 5) is 17.7. The Kier molecular flexibility index (Phi) is 4.78. The Balaban J connectivity index is 2.91. The molecule has 1 atom stereocenters. The summed E-state index contributed by atoms with van der Waals surface area (Å²) >= 11 is 0. The summed E-state index contributed by atoms with van der Waals surface area (Å²) in [5.41, 5.74) is -0.337. The van der Waals surface area contributed by atoms with E-state index >= 15 is 0 Å². The molecule has 100 valence electrons. The molecule has 0 spiro atoms. The molecule has 0 aliphatic rings. The SMILES string of the molecule is COc1ncnc(NCC(O)C(C)C)c1[N+](=O)[O-]. The number of hydrogen-bond acceptors (Lipinski definition) is 7. The van der Waals surface area contributed by atoms with Crippen LogP contribution in [0.25, 0.3) is 0 Å². The van der Waals surface area contributed by atoms with Crippen molar-refractivity contribution in [3.8, 4) is 5.88 Å². The van der Waals surface area contributed by atoms with Gasteiger partial charge in [0.2, 0.25) is 5.82 Å². The van der Waals surface area contributed by atoms with E-state index in [2.05, 4.69) is 15.3 Å². The first-order valence-electron chi connectivity index (χ1n) is 5.42. The first-order valence-corrected chi connectivity index (χ1v) is 5.42. The average Bonchev–Trinajstić information content (AvgIpc) is 2.34. The molecule has 1 heterocycles. The van der Waals surface area contributed by atoms with Crippen LogP contribution in [0, 0.1) is 16.0 Å². The molecule has 8 heteroatoms. The molecule has 2 N–H and O–H groups in total. The lowest BCUT2D eigenvalue weighted by atomic mass is 10.1. The maximum atomic E-state index is 10.9. The molecule has 0 aromatic carbocycles. The van der Waals surface area contributed by atoms with Gasteiger partial charge in [0.25, 0.3) is 5.88 Å². The predicted molar refractivity (Wildman–Crippen MR) is 64.6 cm³/mol. The van der Waals surface area contributed by atoms with E-state index in [1.165, 1.54) is 7.11 Å². The van der Waals surface area contributed by atoms with Crippen LogP contribution in [-0.4, -0.2) is 39.8 Å². The number of anilines is 1. The second kappa shape index (κ2) is 6.10. The fraction of sp³-hybridized carbons (Fsp3) is 0.600. The van der Waals surface area contributed by atoms with E-state index in [1.807, 2.05) is 13.8 Å². The number of nitrogens with one attached hydrogen (secondary N) is 1. The van der Waals surface area contributed by atoms with Crippen LogP contribution in [0.5, 0.6) is 5.88 Å². The monoisotopic (exact) mass is 256 g/mol. The fourth-order valence-corrected chi connectivity index (χ4v) is 1.24. The van der Waals surface area contributed by atoms with Gasteiger partial charge in [-0.15, -0.1) is 0 Å². The minimum atomic E-state index is -0.622. The van der Waals surface area contributed by atoms with Crippen molar-refractivity contribution in [1.29, 1.82) is 0 Å². The molecule has 1 aromatic rings. The van der Waals surface area contributed by atoms with Crippen LogP contribution >= 0.6 is 0 Å². The molecule has 0 fully saturated rings. The van der Waals surface area contributed by atoms with Crippen LogP contribution in [-0.2, 0) is 0 Å². The highest BCUT2D eigenvalue weighted by molar-refractivity contribution is 5.61. The smallest absolute Gasteiger partial charge is 0.372 e. The Morgan fingerprint density at radius 1 is 1.56 bits per heavy atom. The molecule has 1 aromatic heterocycles. The molecule has 0 radical (unpaired) electrons. The van der Waals surface area contributed by atoms with Crippen molar-refractivity contribution in [2.45, 2.75) is 20.0 Å². The number of nitrogens with zero attached hydrogens (tertiary/aromatic N) is 3. The van der Waals surface area contributed by atoms with Gasteiger partial charge in [-0.2, -0.15) is 4.98 Å². The third-order valence-electron chi connectivity index (χ3n) is 2.41. The van der Waals surface area contributed by atoms with E-state index in [9.17, 15) is 15.2 Å². The topological polar surface area (TPSA) is 110 Å². The molecule has 0 bridgehead atoms. The molecule has 1 rings (SSSR count). The largest absolute Gasteiger partial charge is 0.476 e. The first kappa shape index (κ1) is 14.1. The van der Waals surface area contributed by atoms with Gasteiger partial charge in [0.15, 0.2) is 0 Å². The number of aliphatic hydroxyl groups is 1. The van der Waals surface area contributed by atoms with Crippen molar-refractivity contribution in [2.24, 2.45) is 5.92 Å². The van der Waals surface area contributed by atoms with Crippen molar-refractivity contribution in [3.63, 3.8) is 0 Å². The summed E-state index contributed by atoms with van der Waals surface area (Å²) in [5.74, 6) is -0.0385. The molecule has 0 aliphatic carbocycles. The van der Waals surface area contributed by atoms with E-state index in [0.717, 1.165) is 6.33 Å². The van der Waals surface area contributed by atoms with Crippen LogP contribution < -0.4 is 10.1 Å². The maximum absolute atomic E-state index is 10.9. The van der Waals surface area contributed by atoms with Crippen LogP contribution in [0.15, 0.2) is 6.33 Å². The molecular weight excluding hydrogens is 240 g/mol. The number of ether oxygens (including phenoxy) is 1. The van der Waals surface area contributed by atoms with Crippen molar-refractivity contribution >= 4 is 11.5 Å². The maximum Gasteiger partial charge on any atom is 0.372 e. The van der Waals surface area contributed by atoms with Crippen LogP contribution in [0.4, 0.5) is 11.5 Å². The van der Waals surface area contributed by atoms with Crippen molar-refractivity contribution < 1.29 is 14.8 Å². The standard InChI is InChI=1S/C10H16N4O4/c1-6(2)7(15)4-11-9-8(14(16)17)10(18-3)13-5-12-9/h5-7,15H,4H2,1-3H3,(H,11,12,13). The summed E-state index contributed by atoms with van der Waals surface area (Å²) < 4.78 is 4.81. The van der Waals surface area contributed by atoms with Gasteiger partial charge in [-0.3, -0.25) is 10.1 Å². The van der Waals surface area contributed by atoms with Gasteiger partial charge in [-0.05, 0) is 5.92 Å². The quantitative estimate of drug-likeness (QED) is 0.572. The molecule has 0 saturated carbocycles. The van der Waals surface area contributed by atoms with Crippen molar-refractivity contribution in [1.82, 2.24) is 9.97 Å². The van der Waals surface area contributed by atoms with E-state index in [1.54, 1.807) is 0 Å². The molecule has 18 heavy (non-hydrogen) atoms. The minimum absolute atomic E-state index is 0.0338. The van der Waals surface area contributed by atoms with E-state index in [-0.39, 0.29) is 29.8 Å². The normalized spacial score (nSPS) is 12.3. The van der Waals surface area contributed by atoms with Gasteiger partial charge in [-0.1, -0.05) is 13.8 Å². The minimum Gasteiger partial charge on any atom is -0.476 e. The van der Waals surface area contributed by atoms with Gasteiger partial charge < -0.3 is 15.2 Å². The van der Waals surface area contributed by atoms with E-state index in [0.29, 0.717) is 0 Å². The number of aromatic nitrogens is 2. The Labute approximate surface area is 104 Å².